The second kappa shape index (κ2) is 16.1. The van der Waals surface area contributed by atoms with Crippen molar-refractivity contribution >= 4 is 40.6 Å². The Bertz CT molecular complexity index is 2010. The summed E-state index contributed by atoms with van der Waals surface area (Å²) in [5.74, 6) is 1.51. The van der Waals surface area contributed by atoms with Crippen molar-refractivity contribution in [3.05, 3.63) is 96.7 Å². The number of halogens is 1. The minimum Gasteiger partial charge on any atom is -0.493 e. The summed E-state index contributed by atoms with van der Waals surface area (Å²) in [6, 6.07) is 12.4. The normalized spacial score (nSPS) is 13.7. The van der Waals surface area contributed by atoms with Crippen molar-refractivity contribution in [2.45, 2.75) is 91.8 Å². The summed E-state index contributed by atoms with van der Waals surface area (Å²) in [5.41, 5.74) is 12.4. The first-order valence-corrected chi connectivity index (χ1v) is 18.0. The molecule has 0 spiro atoms. The standard InChI is InChI=1S/C37H43ClN7O5S/c1-22-23(2)51-36-33(22)34(26-13-15-27(38)16-14-26)41-28(20-32(47)50-37(4,5)6)35-42-44(24(3)45(35)36)21-25-12-17-29(30(19-25)48-7)49-31(46)11-9-8-10-18-40-43-39/h12-17,19,28H,8-11,18,20-21H2,1-7H3/q+1/t28-/m0/s1. The van der Waals surface area contributed by atoms with Crippen molar-refractivity contribution in [1.82, 2.24) is 9.78 Å². The van der Waals surface area contributed by atoms with Crippen LogP contribution in [0.2, 0.25) is 5.02 Å². The van der Waals surface area contributed by atoms with Gasteiger partial charge in [-0.3, -0.25) is 14.6 Å². The van der Waals surface area contributed by atoms with Crippen LogP contribution in [0, 0.1) is 20.8 Å². The highest BCUT2D eigenvalue weighted by Gasteiger charge is 2.39. The van der Waals surface area contributed by atoms with Gasteiger partial charge < -0.3 is 14.2 Å². The molecule has 2 aromatic carbocycles. The van der Waals surface area contributed by atoms with E-state index >= 15 is 0 Å². The first-order chi connectivity index (χ1) is 24.3. The Morgan fingerprint density at radius 1 is 1.06 bits per heavy atom. The lowest BCUT2D eigenvalue weighted by molar-refractivity contribution is -0.609. The molecule has 3 heterocycles. The van der Waals surface area contributed by atoms with Gasteiger partial charge in [0.05, 0.1) is 24.8 Å². The summed E-state index contributed by atoms with van der Waals surface area (Å²) in [6.07, 6.45) is 2.35. The third-order valence-corrected chi connectivity index (χ3v) is 9.87. The molecular weight excluding hydrogens is 690 g/mol. The Balaban J connectivity index is 1.49. The molecule has 0 saturated carbocycles. The smallest absolute Gasteiger partial charge is 0.311 e. The number of aliphatic imine (C=N–C) groups is 1. The van der Waals surface area contributed by atoms with E-state index in [9.17, 15) is 9.59 Å². The zero-order valence-electron chi connectivity index (χ0n) is 30.0. The van der Waals surface area contributed by atoms with E-state index in [1.54, 1.807) is 17.4 Å². The molecule has 4 aromatic rings. The number of methoxy groups -OCH3 is 1. The second-order valence-corrected chi connectivity index (χ2v) is 15.0. The fourth-order valence-corrected chi connectivity index (χ4v) is 7.22. The molecular formula is C37H43ClN7O5S+. The van der Waals surface area contributed by atoms with Gasteiger partial charge in [-0.2, -0.15) is 4.57 Å². The third kappa shape index (κ3) is 8.97. The maximum atomic E-state index is 13.3. The van der Waals surface area contributed by atoms with Gasteiger partial charge in [0.2, 0.25) is 5.82 Å². The summed E-state index contributed by atoms with van der Waals surface area (Å²) in [6.45, 7) is 12.5. The van der Waals surface area contributed by atoms with Crippen LogP contribution in [-0.2, 0) is 20.9 Å². The zero-order valence-corrected chi connectivity index (χ0v) is 31.6. The Morgan fingerprint density at radius 3 is 2.49 bits per heavy atom. The molecule has 0 unspecified atom stereocenters. The Hall–Kier alpha value is -4.71. The van der Waals surface area contributed by atoms with Gasteiger partial charge in [-0.1, -0.05) is 41.3 Å². The SMILES string of the molecule is COc1cc(Cn2nc3[n+](c2C)-c2sc(C)c(C)c2C(c2ccc(Cl)cc2)=N[C@H]3CC(=O)OC(C)(C)C)ccc1OC(=O)CCCCCN=[N+]=[N-]. The number of azide groups is 1. The molecule has 0 radical (unpaired) electrons. The average Bonchev–Trinajstić information content (AvgIpc) is 3.50. The molecule has 1 atom stereocenters. The lowest BCUT2D eigenvalue weighted by Crippen LogP contribution is -2.38. The quantitative estimate of drug-likeness (QED) is 0.0257. The molecule has 0 N–H and O–H groups in total. The molecule has 0 saturated heterocycles. The number of carbonyl (C=O) groups excluding carboxylic acids is 2. The second-order valence-electron chi connectivity index (χ2n) is 13.4. The molecule has 0 fully saturated rings. The van der Waals surface area contributed by atoms with Crippen molar-refractivity contribution in [3.63, 3.8) is 0 Å². The van der Waals surface area contributed by atoms with Gasteiger partial charge in [-0.25, -0.2) is 0 Å². The van der Waals surface area contributed by atoms with Gasteiger partial charge >= 0.3 is 17.8 Å². The van der Waals surface area contributed by atoms with Crippen LogP contribution < -0.4 is 14.0 Å². The fraction of sp³-hybridized carbons (Fsp3) is 0.432. The first kappa shape index (κ1) is 37.5. The number of rotatable bonds is 13. The molecule has 1 aliphatic heterocycles. The van der Waals surface area contributed by atoms with Crippen molar-refractivity contribution in [2.75, 3.05) is 13.7 Å². The Labute approximate surface area is 306 Å². The van der Waals surface area contributed by atoms with Crippen LogP contribution in [0.15, 0.2) is 52.6 Å². The third-order valence-electron chi connectivity index (χ3n) is 8.42. The van der Waals surface area contributed by atoms with Crippen molar-refractivity contribution in [2.24, 2.45) is 10.1 Å². The molecule has 0 bridgehead atoms. The highest BCUT2D eigenvalue weighted by molar-refractivity contribution is 7.14. The number of benzene rings is 2. The number of fused-ring (bicyclic) bond motifs is 3. The van der Waals surface area contributed by atoms with Gasteiger partial charge in [-0.05, 0) is 88.4 Å². The molecule has 51 heavy (non-hydrogen) atoms. The van der Waals surface area contributed by atoms with Gasteiger partial charge in [0.25, 0.3) is 0 Å². The zero-order chi connectivity index (χ0) is 36.9. The predicted molar refractivity (Wildman–Crippen MR) is 196 cm³/mol. The van der Waals surface area contributed by atoms with E-state index in [2.05, 4.69) is 28.4 Å². The average molecular weight is 733 g/mol. The monoisotopic (exact) mass is 732 g/mol. The highest BCUT2D eigenvalue weighted by atomic mass is 35.5. The first-order valence-electron chi connectivity index (χ1n) is 16.8. The topological polar surface area (TPSA) is 145 Å². The van der Waals surface area contributed by atoms with E-state index in [-0.39, 0.29) is 24.8 Å². The fourth-order valence-electron chi connectivity index (χ4n) is 5.88. The molecule has 1 aliphatic rings. The molecule has 14 heteroatoms. The molecule has 2 aromatic heterocycles. The van der Waals surface area contributed by atoms with Crippen LogP contribution in [0.3, 0.4) is 0 Å². The van der Waals surface area contributed by atoms with E-state index in [4.69, 9.17) is 41.4 Å². The molecule has 5 rings (SSSR count). The van der Waals surface area contributed by atoms with Gasteiger partial charge in [0.15, 0.2) is 22.5 Å². The number of nitrogens with zero attached hydrogens (tertiary/aromatic N) is 7. The Kier molecular flexibility index (Phi) is 11.8. The number of hydrogen-bond acceptors (Lipinski definition) is 9. The number of ether oxygens (including phenoxy) is 3. The van der Waals surface area contributed by atoms with Crippen molar-refractivity contribution in [1.29, 1.82) is 0 Å². The van der Waals surface area contributed by atoms with Crippen LogP contribution in [-0.4, -0.2) is 46.7 Å². The Morgan fingerprint density at radius 2 is 1.80 bits per heavy atom. The summed E-state index contributed by atoms with van der Waals surface area (Å²) < 4.78 is 21.0. The number of aryl methyl sites for hydroxylation is 1. The van der Waals surface area contributed by atoms with Crippen molar-refractivity contribution < 1.29 is 28.4 Å². The number of hydrogen-bond donors (Lipinski definition) is 0. The summed E-state index contributed by atoms with van der Waals surface area (Å²) in [5, 5.41) is 10.2. The number of aromatic nitrogens is 3. The lowest BCUT2D eigenvalue weighted by atomic mass is 9.99. The molecule has 0 amide bonds. The maximum Gasteiger partial charge on any atom is 0.311 e. The van der Waals surface area contributed by atoms with Crippen LogP contribution in [0.5, 0.6) is 11.5 Å². The summed E-state index contributed by atoms with van der Waals surface area (Å²) in [4.78, 5) is 35.0. The number of unbranched alkanes of at least 4 members (excludes halogenated alkanes) is 2. The van der Waals surface area contributed by atoms with Crippen LogP contribution in [0.25, 0.3) is 15.4 Å². The summed E-state index contributed by atoms with van der Waals surface area (Å²) >= 11 is 7.93. The molecule has 268 valence electrons. The lowest BCUT2D eigenvalue weighted by Gasteiger charge is -2.20. The van der Waals surface area contributed by atoms with Crippen LogP contribution in [0.1, 0.15) is 97.7 Å². The van der Waals surface area contributed by atoms with Gasteiger partial charge in [0.1, 0.15) is 12.1 Å². The molecule has 0 aliphatic carbocycles. The van der Waals surface area contributed by atoms with Crippen LogP contribution in [0.4, 0.5) is 0 Å². The van der Waals surface area contributed by atoms with E-state index in [0.29, 0.717) is 48.3 Å². The van der Waals surface area contributed by atoms with Gasteiger partial charge in [0, 0.05) is 45.4 Å². The highest BCUT2D eigenvalue weighted by Crippen LogP contribution is 2.37. The number of thiophene rings is 1. The largest absolute Gasteiger partial charge is 0.493 e. The maximum absolute atomic E-state index is 13.3. The van der Waals surface area contributed by atoms with E-state index in [1.807, 2.05) is 68.8 Å². The van der Waals surface area contributed by atoms with E-state index < -0.39 is 11.6 Å². The molecule has 12 nitrogen and oxygen atoms in total. The number of esters is 2. The van der Waals surface area contributed by atoms with Crippen molar-refractivity contribution in [3.8, 4) is 16.5 Å². The summed E-state index contributed by atoms with van der Waals surface area (Å²) in [7, 11) is 1.53. The van der Waals surface area contributed by atoms with E-state index in [1.165, 1.54) is 7.11 Å². The predicted octanol–water partition coefficient (Wildman–Crippen LogP) is 8.26. The minimum absolute atomic E-state index is 0.000520. The van der Waals surface area contributed by atoms with Gasteiger partial charge in [-0.15, -0.1) is 16.0 Å². The van der Waals surface area contributed by atoms with E-state index in [0.717, 1.165) is 50.1 Å². The minimum atomic E-state index is -0.657. The number of carbonyl (C=O) groups is 2. The van der Waals surface area contributed by atoms with Crippen LogP contribution >= 0.6 is 22.9 Å².